The zero-order chi connectivity index (χ0) is 17.3. The maximum absolute atomic E-state index is 7.70. The molecule has 1 aliphatic carbocycles. The third-order valence-electron chi connectivity index (χ3n) is 5.25. The van der Waals surface area contributed by atoms with Crippen LogP contribution in [0.4, 0.5) is 0 Å². The van der Waals surface area contributed by atoms with Crippen molar-refractivity contribution in [2.24, 2.45) is 11.3 Å². The fraction of sp³-hybridized carbons (Fsp3) is 0.524. The first-order chi connectivity index (χ1) is 11.3. The molecule has 1 aromatic carbocycles. The van der Waals surface area contributed by atoms with Crippen LogP contribution in [0.15, 0.2) is 30.3 Å². The van der Waals surface area contributed by atoms with E-state index in [-0.39, 0.29) is 0 Å². The molecule has 1 aliphatic rings. The lowest BCUT2D eigenvalue weighted by atomic mass is 9.72. The van der Waals surface area contributed by atoms with Crippen molar-refractivity contribution in [1.29, 1.82) is 5.41 Å². The Labute approximate surface area is 145 Å². The van der Waals surface area contributed by atoms with Crippen LogP contribution in [0, 0.1) is 16.7 Å². The Morgan fingerprint density at radius 1 is 1.08 bits per heavy atom. The molecule has 0 radical (unpaired) electrons. The van der Waals surface area contributed by atoms with Crippen molar-refractivity contribution < 1.29 is 4.74 Å². The molecule has 3 nitrogen and oxygen atoms in total. The van der Waals surface area contributed by atoms with E-state index in [4.69, 9.17) is 10.1 Å². The van der Waals surface area contributed by atoms with Crippen LogP contribution < -0.4 is 4.74 Å². The second kappa shape index (κ2) is 6.54. The van der Waals surface area contributed by atoms with Gasteiger partial charge in [0.05, 0.1) is 23.0 Å². The summed E-state index contributed by atoms with van der Waals surface area (Å²) in [5, 5.41) is 8.77. The topological polar surface area (TPSA) is 46.0 Å². The molecule has 0 aliphatic heterocycles. The Hall–Kier alpha value is -1.90. The number of hydrogen-bond donors (Lipinski definition) is 1. The Kier molecular flexibility index (Phi) is 4.62. The highest BCUT2D eigenvalue weighted by Gasteiger charge is 2.30. The Balaban J connectivity index is 1.68. The third kappa shape index (κ3) is 3.77. The highest BCUT2D eigenvalue weighted by atomic mass is 16.5. The van der Waals surface area contributed by atoms with Gasteiger partial charge in [0.1, 0.15) is 5.75 Å². The molecule has 0 bridgehead atoms. The minimum atomic E-state index is 0.331. The number of nitrogens with zero attached hydrogens (tertiary/aromatic N) is 1. The summed E-state index contributed by atoms with van der Waals surface area (Å²) in [5.74, 6) is 1.74. The van der Waals surface area contributed by atoms with Crippen molar-refractivity contribution >= 4 is 16.6 Å². The average Bonchev–Trinajstić information content (AvgIpc) is 2.54. The van der Waals surface area contributed by atoms with Gasteiger partial charge in [-0.25, -0.2) is 4.98 Å². The number of ether oxygens (including phenoxy) is 1. The molecule has 1 aromatic heterocycles. The number of hydrogen-bond acceptors (Lipinski definition) is 3. The molecule has 0 atom stereocenters. The van der Waals surface area contributed by atoms with Gasteiger partial charge in [-0.2, -0.15) is 0 Å². The summed E-state index contributed by atoms with van der Waals surface area (Å²) >= 11 is 0. The fourth-order valence-corrected chi connectivity index (χ4v) is 3.62. The van der Waals surface area contributed by atoms with E-state index in [0.29, 0.717) is 17.2 Å². The molecular formula is C21H28N2O. The van der Waals surface area contributed by atoms with Gasteiger partial charge in [0.25, 0.3) is 0 Å². The lowest BCUT2D eigenvalue weighted by Gasteiger charge is -2.36. The lowest BCUT2D eigenvalue weighted by Crippen LogP contribution is -2.30. The van der Waals surface area contributed by atoms with Gasteiger partial charge in [0, 0.05) is 5.39 Å². The SMILES string of the molecule is CC(=N)c1ccc2cc(OC3CCC(C(C)(C)C)CC3)ccc2n1. The molecule has 24 heavy (non-hydrogen) atoms. The van der Waals surface area contributed by atoms with Crippen LogP contribution >= 0.6 is 0 Å². The zero-order valence-electron chi connectivity index (χ0n) is 15.2. The third-order valence-corrected chi connectivity index (χ3v) is 5.25. The molecule has 2 aromatic rings. The van der Waals surface area contributed by atoms with Crippen molar-refractivity contribution in [2.75, 3.05) is 0 Å². The second-order valence-electron chi connectivity index (χ2n) is 8.13. The largest absolute Gasteiger partial charge is 0.490 e. The van der Waals surface area contributed by atoms with Crippen LogP contribution in [-0.4, -0.2) is 16.8 Å². The average molecular weight is 324 g/mol. The Bertz CT molecular complexity index is 737. The van der Waals surface area contributed by atoms with Gasteiger partial charge in [-0.15, -0.1) is 0 Å². The van der Waals surface area contributed by atoms with E-state index in [1.807, 2.05) is 24.3 Å². The number of pyridine rings is 1. The molecule has 3 heteroatoms. The van der Waals surface area contributed by atoms with Crippen LogP contribution in [0.5, 0.6) is 5.75 Å². The molecule has 1 heterocycles. The summed E-state index contributed by atoms with van der Waals surface area (Å²) in [7, 11) is 0. The Morgan fingerprint density at radius 2 is 1.79 bits per heavy atom. The van der Waals surface area contributed by atoms with Gasteiger partial charge in [0.15, 0.2) is 0 Å². The van der Waals surface area contributed by atoms with Crippen LogP contribution in [0.25, 0.3) is 10.9 Å². The number of rotatable bonds is 3. The molecule has 0 saturated heterocycles. The van der Waals surface area contributed by atoms with E-state index in [0.717, 1.165) is 41.1 Å². The van der Waals surface area contributed by atoms with Gasteiger partial charge in [-0.05, 0) is 68.2 Å². The summed E-state index contributed by atoms with van der Waals surface area (Å²) in [6, 6.07) is 10.0. The van der Waals surface area contributed by atoms with E-state index in [2.05, 4.69) is 31.8 Å². The first-order valence-corrected chi connectivity index (χ1v) is 8.96. The molecular weight excluding hydrogens is 296 g/mol. The summed E-state index contributed by atoms with van der Waals surface area (Å²) in [5.41, 5.74) is 2.55. The summed E-state index contributed by atoms with van der Waals surface area (Å²) in [6.07, 6.45) is 5.13. The van der Waals surface area contributed by atoms with Crippen molar-refractivity contribution in [3.63, 3.8) is 0 Å². The van der Waals surface area contributed by atoms with E-state index in [9.17, 15) is 0 Å². The summed E-state index contributed by atoms with van der Waals surface area (Å²) in [6.45, 7) is 8.80. The van der Waals surface area contributed by atoms with Gasteiger partial charge in [-0.1, -0.05) is 26.8 Å². The van der Waals surface area contributed by atoms with Crippen molar-refractivity contribution in [2.45, 2.75) is 59.5 Å². The second-order valence-corrected chi connectivity index (χ2v) is 8.13. The predicted molar refractivity (Wildman–Crippen MR) is 100 cm³/mol. The van der Waals surface area contributed by atoms with Gasteiger partial charge < -0.3 is 10.1 Å². The summed E-state index contributed by atoms with van der Waals surface area (Å²) in [4.78, 5) is 4.52. The fourth-order valence-electron chi connectivity index (χ4n) is 3.62. The maximum atomic E-state index is 7.70. The quantitative estimate of drug-likeness (QED) is 0.746. The number of nitrogens with one attached hydrogen (secondary N) is 1. The summed E-state index contributed by atoms with van der Waals surface area (Å²) < 4.78 is 6.23. The van der Waals surface area contributed by atoms with E-state index >= 15 is 0 Å². The Morgan fingerprint density at radius 3 is 2.42 bits per heavy atom. The van der Waals surface area contributed by atoms with Gasteiger partial charge >= 0.3 is 0 Å². The monoisotopic (exact) mass is 324 g/mol. The predicted octanol–water partition coefficient (Wildman–Crippen LogP) is 5.61. The highest BCUT2D eigenvalue weighted by molar-refractivity contribution is 5.96. The van der Waals surface area contributed by atoms with Crippen LogP contribution in [0.2, 0.25) is 0 Å². The van der Waals surface area contributed by atoms with E-state index < -0.39 is 0 Å². The van der Waals surface area contributed by atoms with E-state index in [1.54, 1.807) is 6.92 Å². The van der Waals surface area contributed by atoms with Crippen LogP contribution in [-0.2, 0) is 0 Å². The highest BCUT2D eigenvalue weighted by Crippen LogP contribution is 2.38. The smallest absolute Gasteiger partial charge is 0.120 e. The number of benzene rings is 1. The minimum Gasteiger partial charge on any atom is -0.490 e. The molecule has 1 saturated carbocycles. The number of fused-ring (bicyclic) bond motifs is 1. The molecule has 3 rings (SSSR count). The van der Waals surface area contributed by atoms with Crippen molar-refractivity contribution in [3.05, 3.63) is 36.0 Å². The minimum absolute atomic E-state index is 0.331. The van der Waals surface area contributed by atoms with Crippen molar-refractivity contribution in [1.82, 2.24) is 4.98 Å². The number of aromatic nitrogens is 1. The van der Waals surface area contributed by atoms with Crippen LogP contribution in [0.1, 0.15) is 59.1 Å². The maximum Gasteiger partial charge on any atom is 0.120 e. The molecule has 0 spiro atoms. The lowest BCUT2D eigenvalue weighted by molar-refractivity contribution is 0.0883. The van der Waals surface area contributed by atoms with E-state index in [1.165, 1.54) is 12.8 Å². The standard InChI is InChI=1S/C21H28N2O/c1-14(22)19-11-5-15-13-18(10-12-20(15)23-19)24-17-8-6-16(7-9-17)21(2,3)4/h5,10-13,16-17,22H,6-9H2,1-4H3. The normalized spacial score (nSPS) is 21.7. The first-order valence-electron chi connectivity index (χ1n) is 8.96. The molecule has 0 amide bonds. The molecule has 0 unspecified atom stereocenters. The molecule has 1 fully saturated rings. The first kappa shape index (κ1) is 16.9. The van der Waals surface area contributed by atoms with Gasteiger partial charge in [0.2, 0.25) is 0 Å². The van der Waals surface area contributed by atoms with Gasteiger partial charge in [-0.3, -0.25) is 0 Å². The van der Waals surface area contributed by atoms with Crippen molar-refractivity contribution in [3.8, 4) is 5.75 Å². The molecule has 128 valence electrons. The molecule has 1 N–H and O–H groups in total. The zero-order valence-corrected chi connectivity index (χ0v) is 15.2. The van der Waals surface area contributed by atoms with Crippen LogP contribution in [0.3, 0.4) is 0 Å².